The van der Waals surface area contributed by atoms with Gasteiger partial charge in [-0.05, 0) is 24.3 Å². The summed E-state index contributed by atoms with van der Waals surface area (Å²) in [6.45, 7) is 8.00. The number of ketones is 1. The van der Waals surface area contributed by atoms with E-state index in [4.69, 9.17) is 16.2 Å². The van der Waals surface area contributed by atoms with Gasteiger partial charge in [-0.25, -0.2) is 0 Å². The average Bonchev–Trinajstić information content (AvgIpc) is 2.96. The van der Waals surface area contributed by atoms with Gasteiger partial charge in [-0.2, -0.15) is 0 Å². The molecule has 2 aromatic carbocycles. The van der Waals surface area contributed by atoms with Crippen LogP contribution in [0.25, 0.3) is 0 Å². The van der Waals surface area contributed by atoms with Crippen molar-refractivity contribution in [2.75, 3.05) is 11.1 Å². The van der Waals surface area contributed by atoms with E-state index >= 15 is 0 Å². The lowest BCUT2D eigenvalue weighted by Crippen LogP contribution is -2.12. The molecule has 1 aliphatic rings. The van der Waals surface area contributed by atoms with Crippen LogP contribution in [0.3, 0.4) is 0 Å². The molecule has 0 spiro atoms. The normalized spacial score (nSPS) is 9.52. The van der Waals surface area contributed by atoms with Gasteiger partial charge in [0.1, 0.15) is 0 Å². The van der Waals surface area contributed by atoms with Crippen LogP contribution in [0.1, 0.15) is 45.5 Å². The van der Waals surface area contributed by atoms with Gasteiger partial charge < -0.3 is 11.1 Å². The highest BCUT2D eigenvalue weighted by Gasteiger charge is 2.26. The highest BCUT2D eigenvalue weighted by Crippen LogP contribution is 2.21. The van der Waals surface area contributed by atoms with E-state index in [1.165, 1.54) is 0 Å². The first-order valence-electron chi connectivity index (χ1n) is 7.63. The second-order valence-electron chi connectivity index (χ2n) is 3.74. The van der Waals surface area contributed by atoms with Gasteiger partial charge in [-0.3, -0.25) is 20.1 Å². The molecule has 140 valence electrons. The van der Waals surface area contributed by atoms with Crippen molar-refractivity contribution in [3.63, 3.8) is 0 Å². The Hall–Kier alpha value is -2.70. The van der Waals surface area contributed by atoms with Crippen molar-refractivity contribution in [3.8, 4) is 0 Å². The van der Waals surface area contributed by atoms with E-state index in [2.05, 4.69) is 5.32 Å². The van der Waals surface area contributed by atoms with Crippen LogP contribution in [0.15, 0.2) is 54.6 Å². The maximum absolute atomic E-state index is 11.0. The fourth-order valence-electron chi connectivity index (χ4n) is 1.54. The highest BCUT2D eigenvalue weighted by atomic mass is 17.0. The molecule has 1 aliphatic heterocycles. The van der Waals surface area contributed by atoms with E-state index in [0.717, 1.165) is 5.69 Å². The summed E-state index contributed by atoms with van der Waals surface area (Å²) in [4.78, 5) is 21.8. The molecule has 0 bridgehead atoms. The third kappa shape index (κ3) is 9.91. The SMILES string of the molecule is C.CC.CC.Nc1ccccc1.O=C1Nc2ccccc2C1=O.OO. The summed E-state index contributed by atoms with van der Waals surface area (Å²) in [5.41, 5.74) is 7.26. The lowest BCUT2D eigenvalue weighted by Gasteiger charge is -1.91. The summed E-state index contributed by atoms with van der Waals surface area (Å²) in [6.07, 6.45) is 0. The summed E-state index contributed by atoms with van der Waals surface area (Å²) in [5.74, 6) is -0.980. The number of anilines is 2. The Bertz CT molecular complexity index is 587. The van der Waals surface area contributed by atoms with E-state index in [1.807, 2.05) is 58.0 Å². The van der Waals surface area contributed by atoms with Crippen LogP contribution >= 0.6 is 0 Å². The molecule has 0 saturated heterocycles. The van der Waals surface area contributed by atoms with Crippen LogP contribution < -0.4 is 11.1 Å². The third-order valence-corrected chi connectivity index (χ3v) is 2.43. The Morgan fingerprint density at radius 3 is 1.64 bits per heavy atom. The summed E-state index contributed by atoms with van der Waals surface area (Å²) >= 11 is 0. The van der Waals surface area contributed by atoms with Crippen molar-refractivity contribution in [3.05, 3.63) is 60.2 Å². The molecule has 5 N–H and O–H groups in total. The van der Waals surface area contributed by atoms with Gasteiger partial charge in [-0.1, -0.05) is 65.5 Å². The molecule has 3 rings (SSSR count). The van der Waals surface area contributed by atoms with Gasteiger partial charge in [0.15, 0.2) is 0 Å². The maximum atomic E-state index is 11.0. The average molecular weight is 350 g/mol. The number of para-hydroxylation sites is 2. The summed E-state index contributed by atoms with van der Waals surface area (Å²) in [7, 11) is 0. The molecule has 1 amide bonds. The first-order chi connectivity index (χ1) is 11.7. The van der Waals surface area contributed by atoms with Crippen LogP contribution in [0, 0.1) is 0 Å². The zero-order valence-corrected chi connectivity index (χ0v) is 14.5. The van der Waals surface area contributed by atoms with E-state index in [9.17, 15) is 9.59 Å². The minimum Gasteiger partial charge on any atom is -0.399 e. The molecule has 0 fully saturated rings. The number of hydrogen-bond donors (Lipinski definition) is 4. The van der Waals surface area contributed by atoms with Gasteiger partial charge >= 0.3 is 0 Å². The Labute approximate surface area is 150 Å². The standard InChI is InChI=1S/C8H5NO2.C6H7N.2C2H6.CH4.H2O2/c10-7-5-3-1-2-4-6(5)9-8(7)11;7-6-4-2-1-3-5-6;2*1-2;;1-2/h1-4H,(H,9,10,11);1-5H,7H2;2*1-2H3;1H4;1-2H. The molecule has 0 saturated carbocycles. The van der Waals surface area contributed by atoms with Crippen LogP contribution in [-0.2, 0) is 4.79 Å². The highest BCUT2D eigenvalue weighted by molar-refractivity contribution is 6.51. The van der Waals surface area contributed by atoms with Crippen molar-refractivity contribution < 1.29 is 20.1 Å². The second kappa shape index (κ2) is 17.7. The van der Waals surface area contributed by atoms with E-state index in [1.54, 1.807) is 24.3 Å². The smallest absolute Gasteiger partial charge is 0.296 e. The quantitative estimate of drug-likeness (QED) is 0.236. The summed E-state index contributed by atoms with van der Waals surface area (Å²) in [6, 6.07) is 16.3. The van der Waals surface area contributed by atoms with Crippen molar-refractivity contribution in [1.29, 1.82) is 0 Å². The van der Waals surface area contributed by atoms with Crippen molar-refractivity contribution in [1.82, 2.24) is 0 Å². The molecule has 6 nitrogen and oxygen atoms in total. The molecule has 1 heterocycles. The number of benzene rings is 2. The van der Waals surface area contributed by atoms with Crippen LogP contribution in [0.5, 0.6) is 0 Å². The summed E-state index contributed by atoms with van der Waals surface area (Å²) in [5, 5.41) is 14.5. The van der Waals surface area contributed by atoms with Crippen molar-refractivity contribution in [2.45, 2.75) is 35.1 Å². The number of carbonyl (C=O) groups excluding carboxylic acids is 2. The maximum Gasteiger partial charge on any atom is 0.296 e. The largest absolute Gasteiger partial charge is 0.399 e. The van der Waals surface area contributed by atoms with Gasteiger partial charge in [0.25, 0.3) is 11.7 Å². The molecule has 0 radical (unpaired) electrons. The number of fused-ring (bicyclic) bond motifs is 1. The summed E-state index contributed by atoms with van der Waals surface area (Å²) < 4.78 is 0. The number of nitrogen functional groups attached to an aromatic ring is 1. The van der Waals surface area contributed by atoms with E-state index in [0.29, 0.717) is 11.3 Å². The monoisotopic (exact) mass is 350 g/mol. The predicted molar refractivity (Wildman–Crippen MR) is 105 cm³/mol. The minimum absolute atomic E-state index is 0. The molecular weight excluding hydrogens is 320 g/mol. The zero-order chi connectivity index (χ0) is 19.0. The number of hydrogen-bond acceptors (Lipinski definition) is 5. The van der Waals surface area contributed by atoms with Gasteiger partial charge in [0, 0.05) is 5.69 Å². The molecule has 6 heteroatoms. The molecule has 0 aliphatic carbocycles. The number of nitrogens with two attached hydrogens (primary N) is 1. The Morgan fingerprint density at radius 2 is 1.24 bits per heavy atom. The lowest BCUT2D eigenvalue weighted by atomic mass is 10.1. The first-order valence-corrected chi connectivity index (χ1v) is 7.63. The van der Waals surface area contributed by atoms with Gasteiger partial charge in [-0.15, -0.1) is 0 Å². The molecule has 25 heavy (non-hydrogen) atoms. The van der Waals surface area contributed by atoms with Crippen LogP contribution in [0.4, 0.5) is 11.4 Å². The van der Waals surface area contributed by atoms with Crippen LogP contribution in [-0.4, -0.2) is 22.2 Å². The number of nitrogens with one attached hydrogen (secondary N) is 1. The zero-order valence-electron chi connectivity index (χ0n) is 14.5. The number of Topliss-reactive ketones (excluding diaryl/α,β-unsaturated/α-hetero) is 1. The number of amides is 1. The van der Waals surface area contributed by atoms with Crippen molar-refractivity contribution in [2.24, 2.45) is 0 Å². The lowest BCUT2D eigenvalue weighted by molar-refractivity contribution is -0.176. The minimum atomic E-state index is -0.536. The first kappa shape index (κ1) is 27.2. The molecule has 2 aromatic rings. The Kier molecular flexibility index (Phi) is 19.2. The van der Waals surface area contributed by atoms with Gasteiger partial charge in [0.2, 0.25) is 0 Å². The second-order valence-corrected chi connectivity index (χ2v) is 3.74. The van der Waals surface area contributed by atoms with Gasteiger partial charge in [0.05, 0.1) is 11.3 Å². The van der Waals surface area contributed by atoms with Crippen molar-refractivity contribution >= 4 is 23.1 Å². The molecular formula is C19H30N2O4. The molecule has 0 aromatic heterocycles. The fraction of sp³-hybridized carbons (Fsp3) is 0.263. The predicted octanol–water partition coefficient (Wildman–Crippen LogP) is 4.80. The van der Waals surface area contributed by atoms with E-state index < -0.39 is 11.7 Å². The molecule has 0 unspecified atom stereocenters. The topological polar surface area (TPSA) is 113 Å². The number of carbonyl (C=O) groups is 2. The van der Waals surface area contributed by atoms with E-state index in [-0.39, 0.29) is 7.43 Å². The number of rotatable bonds is 0. The van der Waals surface area contributed by atoms with Crippen LogP contribution in [0.2, 0.25) is 0 Å². The fourth-order valence-corrected chi connectivity index (χ4v) is 1.54. The Balaban J connectivity index is -0.000000303. The molecule has 0 atom stereocenters. The Morgan fingerprint density at radius 1 is 0.800 bits per heavy atom. The third-order valence-electron chi connectivity index (χ3n) is 2.43.